The van der Waals surface area contributed by atoms with E-state index >= 15 is 0 Å². The highest BCUT2D eigenvalue weighted by Crippen LogP contribution is 2.51. The third kappa shape index (κ3) is 3.18. The second-order valence-electron chi connectivity index (χ2n) is 7.75. The van der Waals surface area contributed by atoms with Gasteiger partial charge in [0.1, 0.15) is 34.9 Å². The summed E-state index contributed by atoms with van der Waals surface area (Å²) in [7, 11) is 5.04. The first kappa shape index (κ1) is 19.5. The van der Waals surface area contributed by atoms with Crippen molar-refractivity contribution in [1.82, 2.24) is 0 Å². The number of ether oxygens (including phenoxy) is 5. The van der Waals surface area contributed by atoms with E-state index in [1.54, 1.807) is 21.3 Å². The second kappa shape index (κ2) is 7.54. The van der Waals surface area contributed by atoms with E-state index in [2.05, 4.69) is 19.6 Å². The van der Waals surface area contributed by atoms with E-state index in [-0.39, 0.29) is 12.0 Å². The molecule has 0 fully saturated rings. The van der Waals surface area contributed by atoms with Gasteiger partial charge in [-0.15, -0.1) is 0 Å². The lowest BCUT2D eigenvalue weighted by molar-refractivity contribution is 0.251. The maximum Gasteiger partial charge on any atom is 0.133 e. The number of benzene rings is 2. The highest BCUT2D eigenvalue weighted by atomic mass is 16.5. The molecule has 154 valence electrons. The maximum atomic E-state index is 6.34. The van der Waals surface area contributed by atoms with Crippen LogP contribution in [0.2, 0.25) is 0 Å². The Morgan fingerprint density at radius 2 is 1.83 bits per heavy atom. The molecule has 0 saturated heterocycles. The molecule has 0 N–H and O–H groups in total. The normalized spacial score (nSPS) is 19.5. The topological polar surface area (TPSA) is 46.2 Å². The fourth-order valence-corrected chi connectivity index (χ4v) is 4.41. The van der Waals surface area contributed by atoms with Crippen LogP contribution in [0.5, 0.6) is 28.7 Å². The van der Waals surface area contributed by atoms with Gasteiger partial charge in [0.2, 0.25) is 0 Å². The van der Waals surface area contributed by atoms with Gasteiger partial charge < -0.3 is 23.7 Å². The van der Waals surface area contributed by atoms with Crippen molar-refractivity contribution in [2.45, 2.75) is 38.7 Å². The molecular weight excluding hydrogens is 368 g/mol. The molecule has 0 saturated carbocycles. The summed E-state index contributed by atoms with van der Waals surface area (Å²) in [6, 6.07) is 5.94. The van der Waals surface area contributed by atoms with Crippen LogP contribution in [0.15, 0.2) is 30.4 Å². The highest BCUT2D eigenvalue weighted by molar-refractivity contribution is 5.65. The van der Waals surface area contributed by atoms with Crippen molar-refractivity contribution in [1.29, 1.82) is 0 Å². The monoisotopic (exact) mass is 396 g/mol. The summed E-state index contributed by atoms with van der Waals surface area (Å²) in [6.07, 6.45) is 1.59. The summed E-state index contributed by atoms with van der Waals surface area (Å²) in [5, 5.41) is 0. The molecular formula is C24H28O5. The molecule has 0 aliphatic carbocycles. The van der Waals surface area contributed by atoms with E-state index in [9.17, 15) is 0 Å². The number of methoxy groups -OCH3 is 3. The first-order valence-corrected chi connectivity index (χ1v) is 9.87. The fourth-order valence-electron chi connectivity index (χ4n) is 4.41. The lowest BCUT2D eigenvalue weighted by Gasteiger charge is -2.30. The molecule has 0 spiro atoms. The molecule has 5 heteroatoms. The van der Waals surface area contributed by atoms with Gasteiger partial charge in [0.05, 0.1) is 27.9 Å². The molecule has 2 heterocycles. The Bertz CT molecular complexity index is 962. The van der Waals surface area contributed by atoms with Crippen molar-refractivity contribution in [3.8, 4) is 28.7 Å². The molecule has 2 aliphatic heterocycles. The molecule has 0 aromatic heterocycles. The van der Waals surface area contributed by atoms with Crippen LogP contribution in [0.1, 0.15) is 35.1 Å². The zero-order chi connectivity index (χ0) is 20.7. The Hall–Kier alpha value is -2.82. The summed E-state index contributed by atoms with van der Waals surface area (Å²) in [4.78, 5) is 0. The Morgan fingerprint density at radius 3 is 2.48 bits per heavy atom. The van der Waals surface area contributed by atoms with E-state index in [0.717, 1.165) is 69.4 Å². The molecule has 0 amide bonds. The Labute approximate surface area is 172 Å². The molecule has 2 aliphatic rings. The molecule has 2 atom stereocenters. The van der Waals surface area contributed by atoms with Gasteiger partial charge in [-0.3, -0.25) is 0 Å². The predicted octanol–water partition coefficient (Wildman–Crippen LogP) is 4.62. The zero-order valence-electron chi connectivity index (χ0n) is 17.8. The minimum atomic E-state index is -0.0112. The molecule has 5 nitrogen and oxygen atoms in total. The Morgan fingerprint density at radius 1 is 1.03 bits per heavy atom. The Kier molecular flexibility index (Phi) is 5.07. The third-order valence-electron chi connectivity index (χ3n) is 5.94. The summed E-state index contributed by atoms with van der Waals surface area (Å²) < 4.78 is 29.3. The number of rotatable bonds is 5. The van der Waals surface area contributed by atoms with E-state index in [1.165, 1.54) is 0 Å². The smallest absolute Gasteiger partial charge is 0.133 e. The molecule has 0 bridgehead atoms. The van der Waals surface area contributed by atoms with Gasteiger partial charge in [-0.25, -0.2) is 0 Å². The van der Waals surface area contributed by atoms with E-state index in [0.29, 0.717) is 6.61 Å². The third-order valence-corrected chi connectivity index (χ3v) is 5.94. The molecule has 2 aromatic rings. The second-order valence-corrected chi connectivity index (χ2v) is 7.75. The lowest BCUT2D eigenvalue weighted by atomic mass is 9.86. The molecule has 4 rings (SSSR count). The van der Waals surface area contributed by atoms with Crippen molar-refractivity contribution >= 4 is 0 Å². The minimum absolute atomic E-state index is 0.0112. The summed E-state index contributed by atoms with van der Waals surface area (Å²) in [6.45, 7) is 8.70. The molecule has 2 aromatic carbocycles. The quantitative estimate of drug-likeness (QED) is 0.690. The van der Waals surface area contributed by atoms with Crippen LogP contribution in [-0.4, -0.2) is 34.0 Å². The van der Waals surface area contributed by atoms with E-state index in [1.807, 2.05) is 19.1 Å². The number of hydrogen-bond acceptors (Lipinski definition) is 5. The predicted molar refractivity (Wildman–Crippen MR) is 112 cm³/mol. The average Bonchev–Trinajstić information content (AvgIpc) is 3.19. The fraction of sp³-hybridized carbons (Fsp3) is 0.417. The minimum Gasteiger partial charge on any atom is -0.497 e. The van der Waals surface area contributed by atoms with Gasteiger partial charge in [-0.2, -0.15) is 0 Å². The van der Waals surface area contributed by atoms with Gasteiger partial charge in [-0.1, -0.05) is 12.6 Å². The van der Waals surface area contributed by atoms with Gasteiger partial charge in [0, 0.05) is 40.7 Å². The van der Waals surface area contributed by atoms with Crippen molar-refractivity contribution < 1.29 is 23.7 Å². The van der Waals surface area contributed by atoms with Crippen LogP contribution in [0.25, 0.3) is 0 Å². The molecule has 29 heavy (non-hydrogen) atoms. The van der Waals surface area contributed by atoms with Crippen LogP contribution in [0.4, 0.5) is 0 Å². The van der Waals surface area contributed by atoms with Gasteiger partial charge in [-0.05, 0) is 31.9 Å². The first-order chi connectivity index (χ1) is 14.0. The van der Waals surface area contributed by atoms with Crippen molar-refractivity contribution in [3.05, 3.63) is 52.6 Å². The van der Waals surface area contributed by atoms with Crippen LogP contribution >= 0.6 is 0 Å². The number of hydrogen-bond donors (Lipinski definition) is 0. The summed E-state index contributed by atoms with van der Waals surface area (Å²) in [5.41, 5.74) is 5.38. The Balaban J connectivity index is 1.75. The molecule has 1 unspecified atom stereocenters. The summed E-state index contributed by atoms with van der Waals surface area (Å²) in [5.74, 6) is 4.39. The lowest BCUT2D eigenvalue weighted by Crippen LogP contribution is -2.21. The largest absolute Gasteiger partial charge is 0.497 e. The highest BCUT2D eigenvalue weighted by Gasteiger charge is 2.36. The van der Waals surface area contributed by atoms with Crippen molar-refractivity contribution in [2.75, 3.05) is 27.9 Å². The van der Waals surface area contributed by atoms with Gasteiger partial charge in [0.15, 0.2) is 0 Å². The van der Waals surface area contributed by atoms with Crippen LogP contribution in [0.3, 0.4) is 0 Å². The van der Waals surface area contributed by atoms with Crippen LogP contribution in [-0.2, 0) is 12.8 Å². The number of fused-ring (bicyclic) bond motifs is 3. The van der Waals surface area contributed by atoms with Crippen molar-refractivity contribution in [2.24, 2.45) is 0 Å². The standard InChI is InChI=1S/C24H28O5/c1-13(2)20-11-19-23(29-20)14(3)22(27-6)18-9-15(12-28-24(18)19)17-8-7-16(25-4)10-21(17)26-5/h7-8,10,15,20H,1,9,11-12H2,2-6H3/t15-,20?/m1/s1. The molecule has 0 radical (unpaired) electrons. The van der Waals surface area contributed by atoms with E-state index < -0.39 is 0 Å². The summed E-state index contributed by atoms with van der Waals surface area (Å²) >= 11 is 0. The van der Waals surface area contributed by atoms with Crippen LogP contribution < -0.4 is 23.7 Å². The zero-order valence-corrected chi connectivity index (χ0v) is 17.8. The van der Waals surface area contributed by atoms with E-state index in [4.69, 9.17) is 23.7 Å². The maximum absolute atomic E-state index is 6.34. The van der Waals surface area contributed by atoms with Crippen LogP contribution in [0, 0.1) is 6.92 Å². The first-order valence-electron chi connectivity index (χ1n) is 9.87. The van der Waals surface area contributed by atoms with Crippen molar-refractivity contribution in [3.63, 3.8) is 0 Å². The van der Waals surface area contributed by atoms with Gasteiger partial charge >= 0.3 is 0 Å². The van der Waals surface area contributed by atoms with Gasteiger partial charge in [0.25, 0.3) is 0 Å². The SMILES string of the molecule is C=C(C)C1Cc2c(c(C)c(OC)c3c2OC[C@H](c2ccc(OC)cc2OC)C3)O1. The average molecular weight is 396 g/mol.